The molecule has 1 amide bonds. The van der Waals surface area contributed by atoms with Crippen molar-refractivity contribution in [1.82, 2.24) is 5.32 Å². The first-order valence-electron chi connectivity index (χ1n) is 7.13. The molecule has 2 atom stereocenters. The zero-order valence-electron chi connectivity index (χ0n) is 12.1. The van der Waals surface area contributed by atoms with Crippen LogP contribution in [-0.2, 0) is 14.3 Å². The highest BCUT2D eigenvalue weighted by Crippen LogP contribution is 2.16. The monoisotopic (exact) mass is 273 g/mol. The summed E-state index contributed by atoms with van der Waals surface area (Å²) in [6.45, 7) is 3.27. The Morgan fingerprint density at radius 1 is 1.53 bits per heavy atom. The van der Waals surface area contributed by atoms with E-state index in [4.69, 9.17) is 9.47 Å². The van der Waals surface area contributed by atoms with Crippen molar-refractivity contribution in [2.75, 3.05) is 26.9 Å². The van der Waals surface area contributed by atoms with E-state index in [9.17, 15) is 9.90 Å². The fourth-order valence-electron chi connectivity index (χ4n) is 2.11. The van der Waals surface area contributed by atoms with Crippen molar-refractivity contribution in [3.8, 4) is 0 Å². The molecule has 19 heavy (non-hydrogen) atoms. The molecule has 1 saturated heterocycles. The fourth-order valence-corrected chi connectivity index (χ4v) is 2.11. The van der Waals surface area contributed by atoms with Gasteiger partial charge in [-0.05, 0) is 32.6 Å². The fraction of sp³-hybridized carbons (Fsp3) is 0.929. The van der Waals surface area contributed by atoms with Crippen LogP contribution in [0.3, 0.4) is 0 Å². The van der Waals surface area contributed by atoms with Gasteiger partial charge in [-0.3, -0.25) is 4.79 Å². The van der Waals surface area contributed by atoms with Crippen LogP contribution in [0.15, 0.2) is 0 Å². The zero-order chi connectivity index (χ0) is 14.1. The Balaban J connectivity index is 2.12. The summed E-state index contributed by atoms with van der Waals surface area (Å²) in [6.07, 6.45) is 5.35. The number of hydrogen-bond acceptors (Lipinski definition) is 4. The Morgan fingerprint density at radius 3 is 2.95 bits per heavy atom. The molecule has 0 aromatic rings. The number of aliphatic hydroxyl groups is 1. The van der Waals surface area contributed by atoms with Gasteiger partial charge in [-0.25, -0.2) is 0 Å². The van der Waals surface area contributed by atoms with Gasteiger partial charge in [0.15, 0.2) is 0 Å². The van der Waals surface area contributed by atoms with Crippen molar-refractivity contribution >= 4 is 5.91 Å². The highest BCUT2D eigenvalue weighted by molar-refractivity contribution is 5.75. The summed E-state index contributed by atoms with van der Waals surface area (Å²) in [5, 5.41) is 12.8. The zero-order valence-corrected chi connectivity index (χ0v) is 12.1. The van der Waals surface area contributed by atoms with Crippen LogP contribution in [-0.4, -0.2) is 49.6 Å². The van der Waals surface area contributed by atoms with Crippen molar-refractivity contribution in [1.29, 1.82) is 0 Å². The Kier molecular flexibility index (Phi) is 7.34. The second-order valence-electron chi connectivity index (χ2n) is 5.54. The molecule has 0 radical (unpaired) electrons. The van der Waals surface area contributed by atoms with Gasteiger partial charge in [-0.2, -0.15) is 0 Å². The topological polar surface area (TPSA) is 67.8 Å². The van der Waals surface area contributed by atoms with Crippen molar-refractivity contribution < 1.29 is 19.4 Å². The minimum Gasteiger partial charge on any atom is -0.388 e. The lowest BCUT2D eigenvalue weighted by molar-refractivity contribution is -0.123. The maximum atomic E-state index is 11.7. The van der Waals surface area contributed by atoms with E-state index < -0.39 is 5.60 Å². The van der Waals surface area contributed by atoms with Gasteiger partial charge >= 0.3 is 0 Å². The Morgan fingerprint density at radius 2 is 2.32 bits per heavy atom. The molecular weight excluding hydrogens is 246 g/mol. The van der Waals surface area contributed by atoms with Crippen molar-refractivity contribution in [3.63, 3.8) is 0 Å². The molecule has 2 N–H and O–H groups in total. The van der Waals surface area contributed by atoms with Gasteiger partial charge in [-0.1, -0.05) is 0 Å². The number of carbonyl (C=O) groups excluding carboxylic acids is 1. The lowest BCUT2D eigenvalue weighted by atomic mass is 10.0. The normalized spacial score (nSPS) is 22.8. The third-order valence-corrected chi connectivity index (χ3v) is 3.48. The largest absolute Gasteiger partial charge is 0.388 e. The Bertz CT molecular complexity index is 262. The first-order valence-corrected chi connectivity index (χ1v) is 7.13. The summed E-state index contributed by atoms with van der Waals surface area (Å²) >= 11 is 0. The number of carbonyl (C=O) groups is 1. The average molecular weight is 273 g/mol. The van der Waals surface area contributed by atoms with Crippen LogP contribution in [0.25, 0.3) is 0 Å². The van der Waals surface area contributed by atoms with Gasteiger partial charge in [-0.15, -0.1) is 0 Å². The molecule has 1 rings (SSSR count). The van der Waals surface area contributed by atoms with Gasteiger partial charge < -0.3 is 19.9 Å². The Hall–Kier alpha value is -0.650. The van der Waals surface area contributed by atoms with E-state index >= 15 is 0 Å². The van der Waals surface area contributed by atoms with Crippen LogP contribution in [0.1, 0.15) is 45.4 Å². The predicted molar refractivity (Wildman–Crippen MR) is 73.0 cm³/mol. The number of nitrogens with one attached hydrogen (secondary N) is 1. The SMILES string of the molecule is COCCC(C)(O)CNC(=O)CCC1CCCCO1. The third kappa shape index (κ3) is 7.50. The predicted octanol–water partition coefficient (Wildman–Crippen LogP) is 1.24. The summed E-state index contributed by atoms with van der Waals surface area (Å²) in [5.41, 5.74) is -0.910. The molecule has 0 spiro atoms. The lowest BCUT2D eigenvalue weighted by Gasteiger charge is -2.24. The van der Waals surface area contributed by atoms with E-state index in [0.29, 0.717) is 19.4 Å². The number of hydrogen-bond donors (Lipinski definition) is 2. The molecule has 1 aliphatic heterocycles. The van der Waals surface area contributed by atoms with E-state index in [1.54, 1.807) is 14.0 Å². The minimum atomic E-state index is -0.910. The van der Waals surface area contributed by atoms with Gasteiger partial charge in [0.1, 0.15) is 0 Å². The molecule has 112 valence electrons. The van der Waals surface area contributed by atoms with E-state index in [1.807, 2.05) is 0 Å². The van der Waals surface area contributed by atoms with Gasteiger partial charge in [0, 0.05) is 39.7 Å². The van der Waals surface area contributed by atoms with Crippen molar-refractivity contribution in [2.24, 2.45) is 0 Å². The quantitative estimate of drug-likeness (QED) is 0.698. The first-order chi connectivity index (χ1) is 9.03. The summed E-state index contributed by atoms with van der Waals surface area (Å²) in [4.78, 5) is 11.7. The summed E-state index contributed by atoms with van der Waals surface area (Å²) in [6, 6.07) is 0. The molecule has 0 aliphatic carbocycles. The van der Waals surface area contributed by atoms with Crippen LogP contribution in [0, 0.1) is 0 Å². The molecule has 0 saturated carbocycles. The van der Waals surface area contributed by atoms with E-state index in [-0.39, 0.29) is 18.6 Å². The number of methoxy groups -OCH3 is 1. The van der Waals surface area contributed by atoms with Crippen LogP contribution < -0.4 is 5.32 Å². The maximum absolute atomic E-state index is 11.7. The molecule has 0 bridgehead atoms. The highest BCUT2D eigenvalue weighted by atomic mass is 16.5. The second kappa shape index (κ2) is 8.51. The van der Waals surface area contributed by atoms with Crippen molar-refractivity contribution in [3.05, 3.63) is 0 Å². The minimum absolute atomic E-state index is 0.0214. The van der Waals surface area contributed by atoms with E-state index in [2.05, 4.69) is 5.32 Å². The number of ether oxygens (including phenoxy) is 2. The standard InChI is InChI=1S/C14H27NO4/c1-14(17,8-10-18-2)11-15-13(16)7-6-12-5-3-4-9-19-12/h12,17H,3-11H2,1-2H3,(H,15,16). The number of amides is 1. The molecule has 5 heteroatoms. The highest BCUT2D eigenvalue weighted by Gasteiger charge is 2.21. The summed E-state index contributed by atoms with van der Waals surface area (Å²) < 4.78 is 10.5. The van der Waals surface area contributed by atoms with Crippen LogP contribution in [0.4, 0.5) is 0 Å². The summed E-state index contributed by atoms with van der Waals surface area (Å²) in [7, 11) is 1.60. The molecule has 2 unspecified atom stereocenters. The maximum Gasteiger partial charge on any atom is 0.220 e. The van der Waals surface area contributed by atoms with Gasteiger partial charge in [0.25, 0.3) is 0 Å². The third-order valence-electron chi connectivity index (χ3n) is 3.48. The van der Waals surface area contributed by atoms with E-state index in [0.717, 1.165) is 25.9 Å². The van der Waals surface area contributed by atoms with E-state index in [1.165, 1.54) is 6.42 Å². The molecule has 1 heterocycles. The smallest absolute Gasteiger partial charge is 0.220 e. The average Bonchev–Trinajstić information content (AvgIpc) is 2.42. The van der Waals surface area contributed by atoms with Crippen LogP contribution in [0.2, 0.25) is 0 Å². The van der Waals surface area contributed by atoms with Gasteiger partial charge in [0.2, 0.25) is 5.91 Å². The first kappa shape index (κ1) is 16.4. The molecular formula is C14H27NO4. The second-order valence-corrected chi connectivity index (χ2v) is 5.54. The van der Waals surface area contributed by atoms with Crippen LogP contribution in [0.5, 0.6) is 0 Å². The molecule has 1 fully saturated rings. The van der Waals surface area contributed by atoms with Crippen LogP contribution >= 0.6 is 0 Å². The number of rotatable bonds is 8. The summed E-state index contributed by atoms with van der Waals surface area (Å²) in [5.74, 6) is -0.0214. The molecule has 0 aromatic heterocycles. The van der Waals surface area contributed by atoms with Gasteiger partial charge in [0.05, 0.1) is 11.7 Å². The van der Waals surface area contributed by atoms with Crippen molar-refractivity contribution in [2.45, 2.75) is 57.2 Å². The molecule has 0 aromatic carbocycles. The molecule has 1 aliphatic rings. The molecule has 5 nitrogen and oxygen atoms in total. The Labute approximate surface area is 115 Å². The lowest BCUT2D eigenvalue weighted by Crippen LogP contribution is -2.41.